The number of hydrogen-bond acceptors (Lipinski definition) is 3. The van der Waals surface area contributed by atoms with Crippen molar-refractivity contribution in [3.05, 3.63) is 12.7 Å². The smallest absolute Gasteiger partial charge is 0.288 e. The van der Waals surface area contributed by atoms with Gasteiger partial charge in [-0.2, -0.15) is 0 Å². The normalized spacial score (nSPS) is 11.8. The van der Waals surface area contributed by atoms with Gasteiger partial charge in [0, 0.05) is 21.3 Å². The second-order valence-corrected chi connectivity index (χ2v) is 6.87. The third kappa shape index (κ3) is 9.21. The van der Waals surface area contributed by atoms with Crippen molar-refractivity contribution in [2.24, 2.45) is 5.41 Å². The number of methoxy groups -OCH3 is 3. The van der Waals surface area contributed by atoms with Gasteiger partial charge in [-0.3, -0.25) is 0 Å². The average molecular weight is 359 g/mol. The fourth-order valence-corrected chi connectivity index (χ4v) is 3.93. The third-order valence-corrected chi connectivity index (χ3v) is 4.92. The van der Waals surface area contributed by atoms with E-state index < -0.39 is 5.97 Å². The molecule has 0 saturated carbocycles. The van der Waals surface area contributed by atoms with Gasteiger partial charge in [0.2, 0.25) is 0 Å². The summed E-state index contributed by atoms with van der Waals surface area (Å²) in [6.45, 7) is 12.0. The summed E-state index contributed by atoms with van der Waals surface area (Å²) < 4.78 is 17.3. The van der Waals surface area contributed by atoms with Crippen LogP contribution in [0.5, 0.6) is 0 Å². The van der Waals surface area contributed by atoms with Gasteiger partial charge in [0.15, 0.2) is 0 Å². The minimum Gasteiger partial charge on any atom is -0.330 e. The van der Waals surface area contributed by atoms with Crippen LogP contribution in [0.1, 0.15) is 98.3 Å². The monoisotopic (exact) mass is 358 g/mol. The molecule has 3 nitrogen and oxygen atoms in total. The Bertz CT molecular complexity index is 271. The highest BCUT2D eigenvalue weighted by molar-refractivity contribution is 4.88. The lowest BCUT2D eigenvalue weighted by Crippen LogP contribution is -2.53. The van der Waals surface area contributed by atoms with E-state index in [-0.39, 0.29) is 5.41 Å². The van der Waals surface area contributed by atoms with E-state index in [1.165, 1.54) is 38.5 Å². The van der Waals surface area contributed by atoms with Crippen LogP contribution in [0.15, 0.2) is 12.7 Å². The van der Waals surface area contributed by atoms with E-state index >= 15 is 0 Å². The second kappa shape index (κ2) is 17.1. The van der Waals surface area contributed by atoms with Crippen LogP contribution in [0, 0.1) is 5.41 Å². The first-order valence-electron chi connectivity index (χ1n) is 10.3. The van der Waals surface area contributed by atoms with Crippen LogP contribution in [0.25, 0.3) is 0 Å². The number of rotatable bonds is 15. The molecule has 0 aliphatic carbocycles. The van der Waals surface area contributed by atoms with Gasteiger partial charge in [0.25, 0.3) is 5.97 Å². The van der Waals surface area contributed by atoms with Crippen molar-refractivity contribution >= 4 is 0 Å². The molecule has 0 radical (unpaired) electrons. The van der Waals surface area contributed by atoms with Crippen molar-refractivity contribution in [3.63, 3.8) is 0 Å². The minimum atomic E-state index is -0.914. The molecular weight excluding hydrogens is 312 g/mol. The molecule has 3 heteroatoms. The molecule has 0 heterocycles. The molecule has 0 amide bonds. The number of hydrogen-bond donors (Lipinski definition) is 0. The van der Waals surface area contributed by atoms with Crippen LogP contribution in [0.3, 0.4) is 0 Å². The summed E-state index contributed by atoms with van der Waals surface area (Å²) in [6, 6.07) is 0. The highest BCUT2D eigenvalue weighted by Crippen LogP contribution is 2.48. The maximum Gasteiger partial charge on any atom is 0.288 e. The zero-order chi connectivity index (χ0) is 19.6. The fraction of sp³-hybridized carbons (Fsp3) is 0.909. The fourth-order valence-electron chi connectivity index (χ4n) is 3.93. The average Bonchev–Trinajstić information content (AvgIpc) is 2.61. The van der Waals surface area contributed by atoms with Gasteiger partial charge in [0.1, 0.15) is 0 Å². The molecule has 152 valence electrons. The summed E-state index contributed by atoms with van der Waals surface area (Å²) in [7, 11) is 5.11. The van der Waals surface area contributed by atoms with Crippen molar-refractivity contribution in [1.29, 1.82) is 0 Å². The van der Waals surface area contributed by atoms with Gasteiger partial charge in [-0.1, -0.05) is 78.2 Å². The highest BCUT2D eigenvalue weighted by atomic mass is 16.9. The molecule has 0 aromatic carbocycles. The first-order valence-corrected chi connectivity index (χ1v) is 10.3. The molecule has 0 atom stereocenters. The zero-order valence-electron chi connectivity index (χ0n) is 18.3. The second-order valence-electron chi connectivity index (χ2n) is 6.87. The quantitative estimate of drug-likeness (QED) is 0.177. The number of allylic oxidation sites excluding steroid dienone is 1. The van der Waals surface area contributed by atoms with Crippen LogP contribution in [-0.4, -0.2) is 27.3 Å². The molecular formula is C22H46O3. The molecule has 0 fully saturated rings. The number of ether oxygens (including phenoxy) is 3. The summed E-state index contributed by atoms with van der Waals surface area (Å²) in [4.78, 5) is 0. The molecule has 0 aromatic heterocycles. The minimum absolute atomic E-state index is 0.0560. The summed E-state index contributed by atoms with van der Waals surface area (Å²) in [6.07, 6.45) is 15.1. The summed E-state index contributed by atoms with van der Waals surface area (Å²) in [5, 5.41) is 0. The Morgan fingerprint density at radius 1 is 0.680 bits per heavy atom. The topological polar surface area (TPSA) is 27.7 Å². The van der Waals surface area contributed by atoms with Crippen LogP contribution in [-0.2, 0) is 14.2 Å². The lowest BCUT2D eigenvalue weighted by Gasteiger charge is -2.47. The van der Waals surface area contributed by atoms with E-state index in [1.807, 2.05) is 6.92 Å². The molecule has 0 aliphatic heterocycles. The van der Waals surface area contributed by atoms with Crippen molar-refractivity contribution in [1.82, 2.24) is 0 Å². The van der Waals surface area contributed by atoms with E-state index in [9.17, 15) is 0 Å². The molecule has 0 bridgehead atoms. The molecule has 0 spiro atoms. The molecule has 0 rings (SSSR count). The Balaban J connectivity index is 0. The standard InChI is InChI=1S/C19H40O3.C3H6/c1-7-10-11-12-13-14-17-18(15-8-2,16-9-3)19(20-4,21-5)22-6;1-3-2/h7-17H2,1-6H3;3H,1H2,2H3. The predicted molar refractivity (Wildman–Crippen MR) is 110 cm³/mol. The lowest BCUT2D eigenvalue weighted by atomic mass is 9.72. The largest absolute Gasteiger partial charge is 0.330 e. The molecule has 0 saturated heterocycles. The van der Waals surface area contributed by atoms with Gasteiger partial charge in [-0.15, -0.1) is 6.58 Å². The van der Waals surface area contributed by atoms with Gasteiger partial charge < -0.3 is 14.2 Å². The van der Waals surface area contributed by atoms with E-state index in [0.29, 0.717) is 0 Å². The van der Waals surface area contributed by atoms with Gasteiger partial charge in [-0.05, 0) is 26.2 Å². The van der Waals surface area contributed by atoms with Gasteiger partial charge >= 0.3 is 0 Å². The van der Waals surface area contributed by atoms with Crippen LogP contribution in [0.4, 0.5) is 0 Å². The Morgan fingerprint density at radius 3 is 1.44 bits per heavy atom. The summed E-state index contributed by atoms with van der Waals surface area (Å²) in [5.74, 6) is -0.914. The van der Waals surface area contributed by atoms with E-state index in [4.69, 9.17) is 14.2 Å². The highest BCUT2D eigenvalue weighted by Gasteiger charge is 2.52. The Kier molecular flexibility index (Phi) is 18.3. The Labute approximate surface area is 158 Å². The van der Waals surface area contributed by atoms with Gasteiger partial charge in [-0.25, -0.2) is 0 Å². The molecule has 25 heavy (non-hydrogen) atoms. The van der Waals surface area contributed by atoms with E-state index in [2.05, 4.69) is 27.4 Å². The predicted octanol–water partition coefficient (Wildman–Crippen LogP) is 7.11. The zero-order valence-corrected chi connectivity index (χ0v) is 18.3. The van der Waals surface area contributed by atoms with Gasteiger partial charge in [0.05, 0.1) is 5.41 Å². The molecule has 0 aliphatic rings. The van der Waals surface area contributed by atoms with Crippen molar-refractivity contribution in [3.8, 4) is 0 Å². The van der Waals surface area contributed by atoms with Crippen molar-refractivity contribution in [2.45, 2.75) is 104 Å². The lowest BCUT2D eigenvalue weighted by molar-refractivity contribution is -0.411. The maximum absolute atomic E-state index is 5.76. The van der Waals surface area contributed by atoms with E-state index in [0.717, 1.165) is 32.1 Å². The third-order valence-electron chi connectivity index (χ3n) is 4.92. The molecule has 0 unspecified atom stereocenters. The SMILES string of the molecule is C=CC.CCCCCCCCC(CCC)(CCC)C(OC)(OC)OC. The Hall–Kier alpha value is -0.380. The van der Waals surface area contributed by atoms with Crippen LogP contribution >= 0.6 is 0 Å². The summed E-state index contributed by atoms with van der Waals surface area (Å²) in [5.41, 5.74) is -0.0560. The number of unbranched alkanes of at least 4 members (excludes halogenated alkanes) is 5. The van der Waals surface area contributed by atoms with Crippen molar-refractivity contribution < 1.29 is 14.2 Å². The maximum atomic E-state index is 5.76. The summed E-state index contributed by atoms with van der Waals surface area (Å²) >= 11 is 0. The van der Waals surface area contributed by atoms with Crippen molar-refractivity contribution in [2.75, 3.05) is 21.3 Å². The van der Waals surface area contributed by atoms with Crippen LogP contribution < -0.4 is 0 Å². The first kappa shape index (κ1) is 26.8. The van der Waals surface area contributed by atoms with E-state index in [1.54, 1.807) is 27.4 Å². The molecule has 0 N–H and O–H groups in total. The van der Waals surface area contributed by atoms with Crippen LogP contribution in [0.2, 0.25) is 0 Å². The molecule has 0 aromatic rings. The first-order chi connectivity index (χ1) is 12.0. The Morgan fingerprint density at radius 2 is 1.08 bits per heavy atom.